The molecule has 0 fully saturated rings. The molecular weight excluding hydrogens is 523 g/mol. The summed E-state index contributed by atoms with van der Waals surface area (Å²) in [6.07, 6.45) is -4.56. The molecule has 0 bridgehead atoms. The number of amides is 3. The molecule has 0 aliphatic carbocycles. The lowest BCUT2D eigenvalue weighted by Gasteiger charge is -2.25. The van der Waals surface area contributed by atoms with Crippen LogP contribution >= 0.6 is 0 Å². The van der Waals surface area contributed by atoms with Crippen molar-refractivity contribution in [2.45, 2.75) is 45.8 Å². The van der Waals surface area contributed by atoms with E-state index in [1.165, 1.54) is 36.1 Å². The molecule has 3 aromatic rings. The number of urea groups is 1. The van der Waals surface area contributed by atoms with Crippen LogP contribution < -0.4 is 26.8 Å². The van der Waals surface area contributed by atoms with Crippen LogP contribution in [0.25, 0.3) is 0 Å². The number of guanidine groups is 1. The highest BCUT2D eigenvalue weighted by molar-refractivity contribution is 6.05. The molecule has 3 rings (SSSR count). The Hall–Kier alpha value is -4.74. The first-order valence-electron chi connectivity index (χ1n) is 12.2. The Labute approximate surface area is 229 Å². The lowest BCUT2D eigenvalue weighted by molar-refractivity contribution is -0.221. The molecule has 12 heteroatoms. The molecule has 40 heavy (non-hydrogen) atoms. The third-order valence-electron chi connectivity index (χ3n) is 6.05. The van der Waals surface area contributed by atoms with E-state index in [2.05, 4.69) is 41.7 Å². The molecule has 0 atom stereocenters. The van der Waals surface area contributed by atoms with Gasteiger partial charge in [-0.25, -0.2) is 4.79 Å². The standard InChI is InChI=1S/C28H30F3N7O2/c1-17-5-12-21(15-23(17)28(29,30)31)34-26(40)38(22-13-10-20(11-14-22)27(2,3)4)16-18-6-8-19(9-7-18)24(39)35-25(32)36-37-33/h5-15H,16H2,1-4H3,(H,34,40)(H4,32,33,35,36,39)/p+1. The SMILES string of the molecule is Cc1ccc(NC(=O)N(Cc2ccc(C(=O)N/C(N)=N/N=[NH2+])cc2)c2ccc(C(C)(C)C)cc2)cc1C(F)(F)F. The van der Waals surface area contributed by atoms with Gasteiger partial charge in [0.1, 0.15) is 10.3 Å². The maximum Gasteiger partial charge on any atom is 0.416 e. The minimum Gasteiger partial charge on any atom is -0.346 e. The number of hydrogen-bond donors (Lipinski definition) is 4. The van der Waals surface area contributed by atoms with Gasteiger partial charge in [0.15, 0.2) is 0 Å². The van der Waals surface area contributed by atoms with Gasteiger partial charge in [0.2, 0.25) is 0 Å². The number of rotatable bonds is 6. The van der Waals surface area contributed by atoms with Crippen LogP contribution in [0.15, 0.2) is 77.1 Å². The third-order valence-corrected chi connectivity index (χ3v) is 6.05. The van der Waals surface area contributed by atoms with E-state index in [4.69, 9.17) is 11.3 Å². The van der Waals surface area contributed by atoms with E-state index in [9.17, 15) is 22.8 Å². The molecule has 0 aliphatic rings. The van der Waals surface area contributed by atoms with Crippen molar-refractivity contribution in [2.75, 3.05) is 10.2 Å². The predicted octanol–water partition coefficient (Wildman–Crippen LogP) is 4.72. The largest absolute Gasteiger partial charge is 0.416 e. The second-order valence-corrected chi connectivity index (χ2v) is 10.1. The van der Waals surface area contributed by atoms with Crippen LogP contribution in [0.1, 0.15) is 53.4 Å². The van der Waals surface area contributed by atoms with Gasteiger partial charge in [0.25, 0.3) is 5.91 Å². The van der Waals surface area contributed by atoms with E-state index < -0.39 is 23.7 Å². The number of aryl methyl sites for hydroxylation is 1. The lowest BCUT2D eigenvalue weighted by Crippen LogP contribution is -2.37. The molecule has 0 aliphatic heterocycles. The highest BCUT2D eigenvalue weighted by Crippen LogP contribution is 2.34. The molecule has 0 unspecified atom stereocenters. The van der Waals surface area contributed by atoms with E-state index in [1.54, 1.807) is 24.3 Å². The smallest absolute Gasteiger partial charge is 0.346 e. The average Bonchev–Trinajstić information content (AvgIpc) is 2.87. The molecule has 0 saturated heterocycles. The molecule has 0 aromatic heterocycles. The molecular formula is C28H31F3N7O2+. The van der Waals surface area contributed by atoms with Crippen LogP contribution in [0.2, 0.25) is 0 Å². The fourth-order valence-electron chi connectivity index (χ4n) is 3.84. The molecule has 0 spiro atoms. The summed E-state index contributed by atoms with van der Waals surface area (Å²) >= 11 is 0. The summed E-state index contributed by atoms with van der Waals surface area (Å²) in [5, 5.41) is 11.2. The van der Waals surface area contributed by atoms with Crippen molar-refractivity contribution in [2.24, 2.45) is 16.1 Å². The number of hydrogen-bond acceptors (Lipinski definition) is 3. The van der Waals surface area contributed by atoms with Crippen LogP contribution in [0.5, 0.6) is 0 Å². The van der Waals surface area contributed by atoms with E-state index in [0.29, 0.717) is 11.3 Å². The van der Waals surface area contributed by atoms with Crippen LogP contribution in [-0.4, -0.2) is 17.9 Å². The lowest BCUT2D eigenvalue weighted by atomic mass is 9.87. The summed E-state index contributed by atoms with van der Waals surface area (Å²) in [7, 11) is 0. The van der Waals surface area contributed by atoms with Gasteiger partial charge >= 0.3 is 18.2 Å². The fourth-order valence-corrected chi connectivity index (χ4v) is 3.84. The monoisotopic (exact) mass is 554 g/mol. The molecule has 3 amide bonds. The Morgan fingerprint density at radius 2 is 1.60 bits per heavy atom. The van der Waals surface area contributed by atoms with E-state index in [0.717, 1.165) is 11.6 Å². The third kappa shape index (κ3) is 7.65. The van der Waals surface area contributed by atoms with Crippen LogP contribution in [0.3, 0.4) is 0 Å². The van der Waals surface area contributed by atoms with Crippen molar-refractivity contribution < 1.29 is 28.3 Å². The number of anilines is 2. The first kappa shape index (κ1) is 29.8. The highest BCUT2D eigenvalue weighted by Gasteiger charge is 2.32. The van der Waals surface area contributed by atoms with Crippen molar-refractivity contribution in [3.63, 3.8) is 0 Å². The number of benzene rings is 3. The summed E-state index contributed by atoms with van der Waals surface area (Å²) in [6, 6.07) is 16.7. The number of halogens is 3. The second kappa shape index (κ2) is 12.0. The Morgan fingerprint density at radius 3 is 2.15 bits per heavy atom. The zero-order valence-corrected chi connectivity index (χ0v) is 22.5. The molecule has 0 saturated carbocycles. The normalized spacial score (nSPS) is 12.0. The van der Waals surface area contributed by atoms with Crippen molar-refractivity contribution >= 4 is 29.3 Å². The number of nitrogens with two attached hydrogens (primary N) is 2. The van der Waals surface area contributed by atoms with Crippen molar-refractivity contribution in [3.05, 3.63) is 94.5 Å². The number of nitrogens with zero attached hydrogens (tertiary/aromatic N) is 3. The second-order valence-electron chi connectivity index (χ2n) is 10.1. The first-order valence-corrected chi connectivity index (χ1v) is 12.2. The van der Waals surface area contributed by atoms with Crippen molar-refractivity contribution in [3.8, 4) is 0 Å². The minimum atomic E-state index is -4.56. The first-order chi connectivity index (χ1) is 18.7. The topological polar surface area (TPSA) is 138 Å². The van der Waals surface area contributed by atoms with Gasteiger partial charge in [-0.3, -0.25) is 15.0 Å². The van der Waals surface area contributed by atoms with Gasteiger partial charge in [-0.2, -0.15) is 18.7 Å². The van der Waals surface area contributed by atoms with Crippen LogP contribution in [0, 0.1) is 6.92 Å². The summed E-state index contributed by atoms with van der Waals surface area (Å²) < 4.78 is 40.3. The summed E-state index contributed by atoms with van der Waals surface area (Å²) in [6.45, 7) is 7.60. The fraction of sp³-hybridized carbons (Fsp3) is 0.250. The van der Waals surface area contributed by atoms with E-state index >= 15 is 0 Å². The number of carbonyl (C=O) groups is 2. The molecule has 3 aromatic carbocycles. The summed E-state index contributed by atoms with van der Waals surface area (Å²) in [4.78, 5) is 27.2. The van der Waals surface area contributed by atoms with Crippen LogP contribution in [-0.2, 0) is 18.1 Å². The molecule has 210 valence electrons. The molecule has 0 heterocycles. The average molecular weight is 555 g/mol. The van der Waals surface area contributed by atoms with Gasteiger partial charge < -0.3 is 11.1 Å². The van der Waals surface area contributed by atoms with Gasteiger partial charge in [0, 0.05) is 16.9 Å². The number of nitrogens with one attached hydrogen (secondary N) is 2. The maximum absolute atomic E-state index is 13.4. The molecule has 9 nitrogen and oxygen atoms in total. The summed E-state index contributed by atoms with van der Waals surface area (Å²) in [5.41, 5.74) is 12.0. The van der Waals surface area contributed by atoms with Gasteiger partial charge in [0.05, 0.1) is 12.1 Å². The van der Waals surface area contributed by atoms with E-state index in [1.807, 2.05) is 12.1 Å². The van der Waals surface area contributed by atoms with Gasteiger partial charge in [-0.15, -0.1) is 0 Å². The zero-order valence-electron chi connectivity index (χ0n) is 22.5. The van der Waals surface area contributed by atoms with E-state index in [-0.39, 0.29) is 34.7 Å². The predicted molar refractivity (Wildman–Crippen MR) is 146 cm³/mol. The Balaban J connectivity index is 1.90. The minimum absolute atomic E-state index is 0.00900. The number of carbonyl (C=O) groups excluding carboxylic acids is 2. The Kier molecular flexibility index (Phi) is 8.92. The Bertz CT molecular complexity index is 1410. The highest BCUT2D eigenvalue weighted by atomic mass is 19.4. The maximum atomic E-state index is 13.4. The number of alkyl halides is 3. The van der Waals surface area contributed by atoms with Crippen molar-refractivity contribution in [1.82, 2.24) is 5.32 Å². The molecule has 6 N–H and O–H groups in total. The zero-order chi connectivity index (χ0) is 29.7. The summed E-state index contributed by atoms with van der Waals surface area (Å²) in [5.74, 6) is -0.813. The van der Waals surface area contributed by atoms with Gasteiger partial charge in [-0.1, -0.05) is 51.1 Å². The quantitative estimate of drug-likeness (QED) is 0.152. The van der Waals surface area contributed by atoms with Crippen LogP contribution in [0.4, 0.5) is 29.3 Å². The van der Waals surface area contributed by atoms with Crippen molar-refractivity contribution in [1.29, 1.82) is 0 Å². The molecule has 0 radical (unpaired) electrons. The Morgan fingerprint density at radius 1 is 0.975 bits per heavy atom. The van der Waals surface area contributed by atoms with Gasteiger partial charge in [-0.05, 0) is 65.4 Å².